The van der Waals surface area contributed by atoms with Gasteiger partial charge in [0, 0.05) is 24.5 Å². The lowest BCUT2D eigenvalue weighted by Crippen LogP contribution is -2.40. The fourth-order valence-electron chi connectivity index (χ4n) is 3.52. The van der Waals surface area contributed by atoms with Crippen molar-refractivity contribution in [1.82, 2.24) is 4.31 Å². The summed E-state index contributed by atoms with van der Waals surface area (Å²) in [6, 6.07) is 19.8. The van der Waals surface area contributed by atoms with Gasteiger partial charge < -0.3 is 15.4 Å². The highest BCUT2D eigenvalue weighted by molar-refractivity contribution is 7.89. The summed E-state index contributed by atoms with van der Waals surface area (Å²) in [5.74, 6) is -0.255. The lowest BCUT2D eigenvalue weighted by Gasteiger charge is -2.26. The molecule has 3 aromatic carbocycles. The van der Waals surface area contributed by atoms with Crippen LogP contribution in [0.2, 0.25) is 0 Å². The quantitative estimate of drug-likeness (QED) is 0.615. The second-order valence-electron chi connectivity index (χ2n) is 7.46. The molecule has 0 aliphatic carbocycles. The lowest BCUT2D eigenvalue weighted by molar-refractivity contribution is -0.116. The van der Waals surface area contributed by atoms with Crippen LogP contribution in [0.3, 0.4) is 0 Å². The fraction of sp³-hybridized carbons (Fsp3) is 0.261. The van der Waals surface area contributed by atoms with Gasteiger partial charge in [-0.25, -0.2) is 8.42 Å². The molecule has 0 aromatic heterocycles. The van der Waals surface area contributed by atoms with Gasteiger partial charge in [0.25, 0.3) is 0 Å². The van der Waals surface area contributed by atoms with Gasteiger partial charge in [-0.1, -0.05) is 36.4 Å². The Labute approximate surface area is 182 Å². The normalized spacial score (nSPS) is 16.0. The van der Waals surface area contributed by atoms with Crippen LogP contribution in [0, 0.1) is 0 Å². The van der Waals surface area contributed by atoms with Gasteiger partial charge in [0.2, 0.25) is 15.9 Å². The van der Waals surface area contributed by atoms with Gasteiger partial charge in [-0.2, -0.15) is 4.31 Å². The van der Waals surface area contributed by atoms with Crippen LogP contribution in [0.15, 0.2) is 71.6 Å². The first-order valence-corrected chi connectivity index (χ1v) is 11.6. The van der Waals surface area contributed by atoms with Crippen LogP contribution < -0.4 is 10.6 Å². The van der Waals surface area contributed by atoms with E-state index in [1.165, 1.54) is 16.4 Å². The number of nitrogens with one attached hydrogen (secondary N) is 2. The SMILES string of the molecule is C[C@@H](Nc1ccc2ccccc2c1)C(=O)Nc1cccc(S(=O)(=O)N2CCOCC2)c1. The molecular weight excluding hydrogens is 414 g/mol. The molecule has 1 heterocycles. The fourth-order valence-corrected chi connectivity index (χ4v) is 4.97. The summed E-state index contributed by atoms with van der Waals surface area (Å²) in [4.78, 5) is 12.8. The number of hydrogen-bond acceptors (Lipinski definition) is 5. The van der Waals surface area contributed by atoms with Gasteiger partial charge in [0.1, 0.15) is 6.04 Å². The summed E-state index contributed by atoms with van der Waals surface area (Å²) in [5.41, 5.74) is 1.27. The van der Waals surface area contributed by atoms with Gasteiger partial charge in [0.15, 0.2) is 0 Å². The average molecular weight is 440 g/mol. The van der Waals surface area contributed by atoms with Crippen LogP contribution in [0.1, 0.15) is 6.92 Å². The summed E-state index contributed by atoms with van der Waals surface area (Å²) in [5, 5.41) is 8.22. The van der Waals surface area contributed by atoms with Gasteiger partial charge in [-0.05, 0) is 48.0 Å². The highest BCUT2D eigenvalue weighted by Gasteiger charge is 2.26. The summed E-state index contributed by atoms with van der Waals surface area (Å²) in [6.07, 6.45) is 0. The zero-order valence-electron chi connectivity index (χ0n) is 17.2. The molecule has 4 rings (SSSR count). The second-order valence-corrected chi connectivity index (χ2v) is 9.40. The smallest absolute Gasteiger partial charge is 0.246 e. The molecule has 3 aromatic rings. The third kappa shape index (κ3) is 4.87. The number of hydrogen-bond donors (Lipinski definition) is 2. The molecule has 0 radical (unpaired) electrons. The van der Waals surface area contributed by atoms with Crippen LogP contribution in [0.25, 0.3) is 10.8 Å². The standard InChI is InChI=1S/C23H25N3O4S/c1-17(24-21-10-9-18-5-2-3-6-19(18)15-21)23(27)25-20-7-4-8-22(16-20)31(28,29)26-11-13-30-14-12-26/h2-10,15-17,24H,11-14H2,1H3,(H,25,27)/t17-/m1/s1. The van der Waals surface area contributed by atoms with Crippen molar-refractivity contribution in [3.63, 3.8) is 0 Å². The van der Waals surface area contributed by atoms with Gasteiger partial charge in [0.05, 0.1) is 18.1 Å². The van der Waals surface area contributed by atoms with Gasteiger partial charge >= 0.3 is 0 Å². The van der Waals surface area contributed by atoms with Crippen LogP contribution in [0.4, 0.5) is 11.4 Å². The Balaban J connectivity index is 1.44. The Morgan fingerprint density at radius 2 is 1.68 bits per heavy atom. The minimum absolute atomic E-state index is 0.155. The first-order valence-electron chi connectivity index (χ1n) is 10.2. The van der Waals surface area contributed by atoms with Crippen molar-refractivity contribution in [2.24, 2.45) is 0 Å². The first-order chi connectivity index (χ1) is 14.9. The molecule has 31 heavy (non-hydrogen) atoms. The van der Waals surface area contributed by atoms with Crippen LogP contribution in [-0.2, 0) is 19.6 Å². The molecule has 0 bridgehead atoms. The van der Waals surface area contributed by atoms with Gasteiger partial charge in [-0.15, -0.1) is 0 Å². The van der Waals surface area contributed by atoms with Crippen LogP contribution in [0.5, 0.6) is 0 Å². The molecule has 0 saturated carbocycles. The largest absolute Gasteiger partial charge is 0.379 e. The Morgan fingerprint density at radius 3 is 2.45 bits per heavy atom. The van der Waals surface area contributed by atoms with Crippen molar-refractivity contribution in [3.05, 3.63) is 66.7 Å². The zero-order valence-corrected chi connectivity index (χ0v) is 18.1. The zero-order chi connectivity index (χ0) is 21.8. The van der Waals surface area contributed by atoms with Crippen molar-refractivity contribution in [1.29, 1.82) is 0 Å². The summed E-state index contributed by atoms with van der Waals surface area (Å²) in [7, 11) is -3.62. The number of carbonyl (C=O) groups excluding carboxylic acids is 1. The third-order valence-electron chi connectivity index (χ3n) is 5.24. The maximum atomic E-state index is 12.9. The molecule has 7 nitrogen and oxygen atoms in total. The Morgan fingerprint density at radius 1 is 0.935 bits per heavy atom. The number of morpholine rings is 1. The summed E-state index contributed by atoms with van der Waals surface area (Å²) >= 11 is 0. The number of ether oxygens (including phenoxy) is 1. The monoisotopic (exact) mass is 439 g/mol. The lowest BCUT2D eigenvalue weighted by atomic mass is 10.1. The van der Waals surface area contributed by atoms with E-state index >= 15 is 0 Å². The van der Waals surface area contributed by atoms with E-state index in [0.29, 0.717) is 32.0 Å². The number of carbonyl (C=O) groups is 1. The van der Waals surface area contributed by atoms with E-state index in [0.717, 1.165) is 16.5 Å². The predicted octanol–water partition coefficient (Wildman–Crippen LogP) is 3.30. The molecule has 1 aliphatic heterocycles. The van der Waals surface area contributed by atoms with E-state index in [9.17, 15) is 13.2 Å². The van der Waals surface area contributed by atoms with E-state index in [-0.39, 0.29) is 10.8 Å². The highest BCUT2D eigenvalue weighted by atomic mass is 32.2. The van der Waals surface area contributed by atoms with Crippen molar-refractivity contribution in [2.75, 3.05) is 36.9 Å². The molecule has 162 valence electrons. The van der Waals surface area contributed by atoms with Crippen LogP contribution in [-0.4, -0.2) is 51.0 Å². The van der Waals surface area contributed by atoms with E-state index in [1.54, 1.807) is 19.1 Å². The Bertz CT molecular complexity index is 1190. The maximum Gasteiger partial charge on any atom is 0.246 e. The molecule has 0 spiro atoms. The minimum Gasteiger partial charge on any atom is -0.379 e. The average Bonchev–Trinajstić information content (AvgIpc) is 2.79. The molecule has 8 heteroatoms. The van der Waals surface area contributed by atoms with Crippen molar-refractivity contribution < 1.29 is 17.9 Å². The predicted molar refractivity (Wildman–Crippen MR) is 122 cm³/mol. The second kappa shape index (κ2) is 9.05. The first kappa shape index (κ1) is 21.3. The van der Waals surface area contributed by atoms with E-state index in [4.69, 9.17) is 4.74 Å². The van der Waals surface area contributed by atoms with E-state index < -0.39 is 16.1 Å². The number of nitrogens with zero attached hydrogens (tertiary/aromatic N) is 1. The maximum absolute atomic E-state index is 12.9. The van der Waals surface area contributed by atoms with Crippen molar-refractivity contribution in [3.8, 4) is 0 Å². The van der Waals surface area contributed by atoms with E-state index in [2.05, 4.69) is 10.6 Å². The third-order valence-corrected chi connectivity index (χ3v) is 7.13. The molecule has 1 atom stereocenters. The number of fused-ring (bicyclic) bond motifs is 1. The molecule has 1 fully saturated rings. The highest BCUT2D eigenvalue weighted by Crippen LogP contribution is 2.22. The molecule has 0 unspecified atom stereocenters. The number of sulfonamides is 1. The topological polar surface area (TPSA) is 87.7 Å². The molecule has 1 aliphatic rings. The van der Waals surface area contributed by atoms with Crippen molar-refractivity contribution in [2.45, 2.75) is 17.9 Å². The minimum atomic E-state index is -3.62. The molecule has 1 amide bonds. The molecule has 2 N–H and O–H groups in total. The Kier molecular flexibility index (Phi) is 6.22. The van der Waals surface area contributed by atoms with Crippen molar-refractivity contribution >= 4 is 38.1 Å². The van der Waals surface area contributed by atoms with E-state index in [1.807, 2.05) is 42.5 Å². The summed E-state index contributed by atoms with van der Waals surface area (Å²) in [6.45, 7) is 3.18. The number of amides is 1. The van der Waals surface area contributed by atoms with Crippen LogP contribution >= 0.6 is 0 Å². The van der Waals surface area contributed by atoms with Gasteiger partial charge in [-0.3, -0.25) is 4.79 Å². The molecule has 1 saturated heterocycles. The molecular formula is C23H25N3O4S. The number of rotatable bonds is 6. The number of anilines is 2. The Hall–Kier alpha value is -2.94. The summed E-state index contributed by atoms with van der Waals surface area (Å²) < 4.78 is 32.3. The number of benzene rings is 3.